The number of hydrogen-bond acceptors (Lipinski definition) is 12. The van der Waals surface area contributed by atoms with E-state index in [1.165, 1.54) is 12.5 Å². The molecule has 0 saturated heterocycles. The smallest absolute Gasteiger partial charge is 0.243 e. The Morgan fingerprint density at radius 3 is 1.83 bits per heavy atom. The van der Waals surface area contributed by atoms with Crippen molar-refractivity contribution >= 4 is 59.1 Å². The summed E-state index contributed by atoms with van der Waals surface area (Å²) in [5, 5.41) is 18.5. The van der Waals surface area contributed by atoms with Crippen LogP contribution >= 0.6 is 0 Å². The summed E-state index contributed by atoms with van der Waals surface area (Å²) in [6, 6.07) is 0.357. The highest BCUT2D eigenvalue weighted by Gasteiger charge is 2.36. The molecule has 24 heteroatoms. The Labute approximate surface area is 402 Å². The third-order valence-corrected chi connectivity index (χ3v) is 11.0. The minimum atomic E-state index is -1.28. The third kappa shape index (κ3) is 21.6. The summed E-state index contributed by atoms with van der Waals surface area (Å²) in [6.45, 7) is 10.3. The van der Waals surface area contributed by atoms with Gasteiger partial charge in [-0.1, -0.05) is 78.3 Å². The van der Waals surface area contributed by atoms with E-state index < -0.39 is 114 Å². The lowest BCUT2D eigenvalue weighted by Crippen LogP contribution is -2.61. The Morgan fingerprint density at radius 2 is 1.26 bits per heavy atom. The van der Waals surface area contributed by atoms with Crippen molar-refractivity contribution < 1.29 is 43.2 Å². The monoisotopic (exact) mass is 968 g/mol. The Balaban J connectivity index is 2.33. The lowest BCUT2D eigenvalue weighted by molar-refractivity contribution is -0.136. The molecule has 0 aliphatic heterocycles. The van der Waals surface area contributed by atoms with Crippen molar-refractivity contribution in [1.29, 1.82) is 0 Å². The molecule has 2 rings (SSSR count). The lowest BCUT2D eigenvalue weighted by Gasteiger charge is -2.30. The van der Waals surface area contributed by atoms with Crippen LogP contribution in [-0.4, -0.2) is 124 Å². The van der Waals surface area contributed by atoms with Gasteiger partial charge >= 0.3 is 0 Å². The number of nitrogens with one attached hydrogen (secondary N) is 8. The van der Waals surface area contributed by atoms with Gasteiger partial charge in [-0.2, -0.15) is 0 Å². The molecule has 8 atom stereocenters. The zero-order valence-electron chi connectivity index (χ0n) is 40.3. The molecule has 9 amide bonds. The molecule has 0 saturated carbocycles. The van der Waals surface area contributed by atoms with E-state index in [9.17, 15) is 43.2 Å². The van der Waals surface area contributed by atoms with Crippen LogP contribution in [0, 0.1) is 17.8 Å². The highest BCUT2D eigenvalue weighted by Crippen LogP contribution is 2.14. The first-order chi connectivity index (χ1) is 32.5. The van der Waals surface area contributed by atoms with Crippen molar-refractivity contribution in [2.45, 2.75) is 135 Å². The number of guanidine groups is 1. The van der Waals surface area contributed by atoms with E-state index in [4.69, 9.17) is 28.7 Å². The van der Waals surface area contributed by atoms with Gasteiger partial charge in [0.15, 0.2) is 5.96 Å². The number of nitrogens with two attached hydrogens (primary N) is 5. The molecular weight excluding hydrogens is 895 g/mol. The summed E-state index contributed by atoms with van der Waals surface area (Å²) in [6.07, 6.45) is 3.54. The maximum absolute atomic E-state index is 14.2. The van der Waals surface area contributed by atoms with E-state index >= 15 is 0 Å². The number of benzene rings is 1. The molecule has 2 aromatic rings. The van der Waals surface area contributed by atoms with Crippen LogP contribution < -0.4 is 65.9 Å². The zero-order valence-corrected chi connectivity index (χ0v) is 40.3. The number of nitrogens with zero attached hydrogens (tertiary/aromatic N) is 2. The standard InChI is InChI=1S/C45H73N15O9/c1-7-26(6)37(44(69)56-30(38(48)63)15-16-34(47)61)60-42(67)32(19-27-12-9-8-10-13-27)58-43(68)36(25(4)5)59-41(66)31(18-24(2)3)57-40(65)33(20-28-21-51-23-54-28)55-35(62)22-53-39(64)29(46)14-11-17-52-45(49)50/h8-10,12-13,21,23-26,29-33,36-37H,7,11,14-20,22,46H2,1-6H3,(H2,47,61)(H2,48,63)(H,51,54)(H,53,64)(H,55,62)(H,56,69)(H,57,65)(H,58,68)(H,59,66)(H,60,67)(H4,49,50,52)/t26-,29-,30-,31-,32-,33-,36-,37-/m1/s1. The Kier molecular flexibility index (Phi) is 24.9. The molecule has 1 aromatic heterocycles. The van der Waals surface area contributed by atoms with Crippen LogP contribution in [0.25, 0.3) is 0 Å². The number of aromatic amines is 1. The number of hydrogen-bond donors (Lipinski definition) is 13. The fraction of sp³-hybridized carbons (Fsp3) is 0.578. The van der Waals surface area contributed by atoms with E-state index in [2.05, 4.69) is 52.2 Å². The predicted octanol–water partition coefficient (Wildman–Crippen LogP) is -2.90. The quantitative estimate of drug-likeness (QED) is 0.0205. The Morgan fingerprint density at radius 1 is 0.681 bits per heavy atom. The number of imidazole rings is 1. The van der Waals surface area contributed by atoms with Gasteiger partial charge in [-0.15, -0.1) is 0 Å². The van der Waals surface area contributed by atoms with Crippen LogP contribution in [-0.2, 0) is 56.0 Å². The van der Waals surface area contributed by atoms with Gasteiger partial charge in [-0.3, -0.25) is 48.1 Å². The van der Waals surface area contributed by atoms with Gasteiger partial charge in [0.25, 0.3) is 0 Å². The first-order valence-corrected chi connectivity index (χ1v) is 23.0. The van der Waals surface area contributed by atoms with Crippen molar-refractivity contribution in [2.75, 3.05) is 13.1 Å². The summed E-state index contributed by atoms with van der Waals surface area (Å²) in [7, 11) is 0. The van der Waals surface area contributed by atoms with E-state index in [0.717, 1.165) is 0 Å². The van der Waals surface area contributed by atoms with Crippen LogP contribution in [0.1, 0.15) is 91.3 Å². The van der Waals surface area contributed by atoms with Crippen LogP contribution in [0.2, 0.25) is 0 Å². The summed E-state index contributed by atoms with van der Waals surface area (Å²) < 4.78 is 0. The van der Waals surface area contributed by atoms with Crippen LogP contribution in [0.5, 0.6) is 0 Å². The molecule has 18 N–H and O–H groups in total. The molecule has 0 spiro atoms. The summed E-state index contributed by atoms with van der Waals surface area (Å²) in [4.78, 5) is 130. The van der Waals surface area contributed by atoms with Crippen molar-refractivity contribution in [1.82, 2.24) is 47.2 Å². The lowest BCUT2D eigenvalue weighted by atomic mass is 9.96. The van der Waals surface area contributed by atoms with Crippen molar-refractivity contribution in [3.8, 4) is 0 Å². The largest absolute Gasteiger partial charge is 0.370 e. The SMILES string of the molecule is CC[C@@H](C)[C@@H](NC(=O)[C@@H](Cc1ccccc1)NC(=O)[C@H](NC(=O)[C@@H](CC(C)C)NC(=O)[C@@H](Cc1cnc[nH]1)NC(=O)CNC(=O)[C@H](N)CCCN=C(N)N)C(C)C)C(=O)N[C@H](CCC(N)=O)C(N)=O. The maximum Gasteiger partial charge on any atom is 0.243 e. The second kappa shape index (κ2) is 29.6. The molecule has 0 bridgehead atoms. The fourth-order valence-electron chi connectivity index (χ4n) is 6.89. The van der Waals surface area contributed by atoms with Gasteiger partial charge in [0.05, 0.1) is 18.9 Å². The number of amides is 9. The highest BCUT2D eigenvalue weighted by atomic mass is 16.2. The minimum Gasteiger partial charge on any atom is -0.370 e. The number of H-pyrrole nitrogens is 1. The summed E-state index contributed by atoms with van der Waals surface area (Å²) >= 11 is 0. The second-order valence-corrected chi connectivity index (χ2v) is 17.7. The number of aliphatic imine (C=N–C) groups is 1. The van der Waals surface area contributed by atoms with Gasteiger partial charge in [0, 0.05) is 37.7 Å². The molecule has 0 unspecified atom stereocenters. The normalized spacial score (nSPS) is 14.6. The van der Waals surface area contributed by atoms with Crippen LogP contribution in [0.15, 0.2) is 47.8 Å². The van der Waals surface area contributed by atoms with Crippen molar-refractivity contribution in [3.63, 3.8) is 0 Å². The van der Waals surface area contributed by atoms with Crippen molar-refractivity contribution in [2.24, 2.45) is 51.4 Å². The van der Waals surface area contributed by atoms with Gasteiger partial charge in [0.2, 0.25) is 53.2 Å². The average molecular weight is 968 g/mol. The molecule has 0 aliphatic carbocycles. The number of carbonyl (C=O) groups excluding carboxylic acids is 9. The average Bonchev–Trinajstić information content (AvgIpc) is 3.81. The van der Waals surface area contributed by atoms with Gasteiger partial charge in [0.1, 0.15) is 36.3 Å². The molecule has 1 heterocycles. The number of rotatable bonds is 31. The van der Waals surface area contributed by atoms with Gasteiger partial charge in [-0.25, -0.2) is 4.98 Å². The molecule has 382 valence electrons. The number of primary amides is 2. The van der Waals surface area contributed by atoms with E-state index in [-0.39, 0.29) is 56.9 Å². The van der Waals surface area contributed by atoms with E-state index in [1.807, 2.05) is 13.8 Å². The topological polar surface area (TPSA) is 409 Å². The molecule has 0 aliphatic rings. The maximum atomic E-state index is 14.2. The first-order valence-electron chi connectivity index (χ1n) is 23.0. The van der Waals surface area contributed by atoms with Crippen molar-refractivity contribution in [3.05, 3.63) is 54.1 Å². The molecular formula is C45H73N15O9. The van der Waals surface area contributed by atoms with Crippen LogP contribution in [0.4, 0.5) is 0 Å². The third-order valence-electron chi connectivity index (χ3n) is 11.0. The molecule has 0 fully saturated rings. The fourth-order valence-corrected chi connectivity index (χ4v) is 6.89. The summed E-state index contributed by atoms with van der Waals surface area (Å²) in [5.41, 5.74) is 28.5. The minimum absolute atomic E-state index is 0.0266. The predicted molar refractivity (Wildman–Crippen MR) is 256 cm³/mol. The summed E-state index contributed by atoms with van der Waals surface area (Å²) in [5.74, 6) is -7.91. The Hall–Kier alpha value is -7.11. The second-order valence-electron chi connectivity index (χ2n) is 17.7. The molecule has 69 heavy (non-hydrogen) atoms. The number of aromatic nitrogens is 2. The molecule has 24 nitrogen and oxygen atoms in total. The molecule has 1 aromatic carbocycles. The van der Waals surface area contributed by atoms with Crippen LogP contribution in [0.3, 0.4) is 0 Å². The highest BCUT2D eigenvalue weighted by molar-refractivity contribution is 5.97. The Bertz CT molecular complexity index is 2050. The van der Waals surface area contributed by atoms with E-state index in [0.29, 0.717) is 24.1 Å². The van der Waals surface area contributed by atoms with E-state index in [1.54, 1.807) is 58.0 Å². The zero-order chi connectivity index (χ0) is 51.8. The first kappa shape index (κ1) is 58.0. The molecule has 0 radical (unpaired) electrons. The number of carbonyl (C=O) groups is 9. The van der Waals surface area contributed by atoms with Gasteiger partial charge < -0.3 is 70.9 Å². The van der Waals surface area contributed by atoms with Gasteiger partial charge in [-0.05, 0) is 49.0 Å².